The summed E-state index contributed by atoms with van der Waals surface area (Å²) in [6, 6.07) is 15.0. The van der Waals surface area contributed by atoms with Crippen molar-refractivity contribution in [3.05, 3.63) is 70.0 Å². The fraction of sp³-hybridized carbons (Fsp3) is 0.182. The van der Waals surface area contributed by atoms with Gasteiger partial charge in [-0.25, -0.2) is 9.78 Å². The summed E-state index contributed by atoms with van der Waals surface area (Å²) in [5, 5.41) is 10.7. The van der Waals surface area contributed by atoms with Gasteiger partial charge in [0.05, 0.1) is 12.1 Å². The van der Waals surface area contributed by atoms with Crippen molar-refractivity contribution in [2.75, 3.05) is 5.32 Å². The maximum Gasteiger partial charge on any atom is 0.322 e. The molecule has 1 unspecified atom stereocenters. The molecule has 2 aliphatic rings. The van der Waals surface area contributed by atoms with Gasteiger partial charge in [0.1, 0.15) is 10.5 Å². The normalized spacial score (nSPS) is 19.5. The number of hydrogen-bond acceptors (Lipinski definition) is 5. The first-order valence-electron chi connectivity index (χ1n) is 9.56. The molecule has 30 heavy (non-hydrogen) atoms. The molecule has 0 bridgehead atoms. The number of anilines is 1. The van der Waals surface area contributed by atoms with E-state index in [1.165, 1.54) is 11.3 Å². The third-order valence-electron chi connectivity index (χ3n) is 5.42. The van der Waals surface area contributed by atoms with Gasteiger partial charge >= 0.3 is 6.03 Å². The van der Waals surface area contributed by atoms with E-state index in [4.69, 9.17) is 0 Å². The third kappa shape index (κ3) is 3.35. The highest BCUT2D eigenvalue weighted by Gasteiger charge is 2.49. The number of amides is 4. The van der Waals surface area contributed by atoms with Crippen molar-refractivity contribution < 1.29 is 14.4 Å². The van der Waals surface area contributed by atoms with E-state index in [-0.39, 0.29) is 18.2 Å². The van der Waals surface area contributed by atoms with Gasteiger partial charge in [-0.3, -0.25) is 14.9 Å². The number of nitrogens with one attached hydrogen (secondary N) is 3. The summed E-state index contributed by atoms with van der Waals surface area (Å²) < 4.78 is 0. The maximum absolute atomic E-state index is 12.5. The summed E-state index contributed by atoms with van der Waals surface area (Å²) in [5.41, 5.74) is 3.60. The average Bonchev–Trinajstić information content (AvgIpc) is 3.39. The molecule has 4 amide bonds. The molecule has 5 rings (SSSR count). The fourth-order valence-electron chi connectivity index (χ4n) is 4.01. The van der Waals surface area contributed by atoms with Gasteiger partial charge in [0.15, 0.2) is 0 Å². The van der Waals surface area contributed by atoms with Crippen molar-refractivity contribution in [1.82, 2.24) is 15.6 Å². The molecular weight excluding hydrogens is 400 g/mol. The number of urea groups is 1. The zero-order valence-electron chi connectivity index (χ0n) is 15.9. The lowest BCUT2D eigenvalue weighted by Crippen LogP contribution is -2.47. The smallest absolute Gasteiger partial charge is 0.322 e. The van der Waals surface area contributed by atoms with E-state index in [0.717, 1.165) is 27.4 Å². The van der Waals surface area contributed by atoms with Crippen molar-refractivity contribution >= 4 is 34.9 Å². The van der Waals surface area contributed by atoms with Crippen LogP contribution in [0.4, 0.5) is 10.5 Å². The van der Waals surface area contributed by atoms with Crippen LogP contribution in [0.3, 0.4) is 0 Å². The van der Waals surface area contributed by atoms with E-state index in [1.807, 2.05) is 53.9 Å². The van der Waals surface area contributed by atoms with Crippen LogP contribution >= 0.6 is 11.3 Å². The second kappa shape index (κ2) is 7.07. The lowest BCUT2D eigenvalue weighted by Gasteiger charge is -2.18. The number of thiazole rings is 1. The van der Waals surface area contributed by atoms with E-state index < -0.39 is 11.6 Å². The standard InChI is InChI=1S/C22H18N4O3S/c27-18(9-19-24-17(12-30-19)13-4-2-1-3-5-13)23-16-7-6-14-10-22(11-15(14)8-16)20(28)25-21(29)26-22/h1-8,12H,9-11H2,(H,23,27)(H2,25,26,28,29). The summed E-state index contributed by atoms with van der Waals surface area (Å²) >= 11 is 1.46. The Labute approximate surface area is 176 Å². The summed E-state index contributed by atoms with van der Waals surface area (Å²) in [7, 11) is 0. The van der Waals surface area contributed by atoms with Crippen LogP contribution in [0.5, 0.6) is 0 Å². The van der Waals surface area contributed by atoms with E-state index in [9.17, 15) is 14.4 Å². The van der Waals surface area contributed by atoms with Crippen LogP contribution in [0, 0.1) is 0 Å². The Bertz CT molecular complexity index is 1170. The Morgan fingerprint density at radius 1 is 1.10 bits per heavy atom. The molecule has 1 aliphatic carbocycles. The Kier molecular flexibility index (Phi) is 4.36. The highest BCUT2D eigenvalue weighted by molar-refractivity contribution is 7.10. The molecule has 2 heterocycles. The van der Waals surface area contributed by atoms with Gasteiger partial charge in [0.2, 0.25) is 5.91 Å². The second-order valence-corrected chi connectivity index (χ2v) is 8.49. The van der Waals surface area contributed by atoms with Crippen LogP contribution in [0.1, 0.15) is 16.1 Å². The van der Waals surface area contributed by atoms with Gasteiger partial charge in [-0.15, -0.1) is 11.3 Å². The van der Waals surface area contributed by atoms with Crippen LogP contribution in [0.15, 0.2) is 53.9 Å². The molecule has 0 saturated carbocycles. The molecule has 7 nitrogen and oxygen atoms in total. The van der Waals surface area contributed by atoms with E-state index in [0.29, 0.717) is 18.5 Å². The first-order chi connectivity index (χ1) is 14.5. The molecule has 1 aromatic heterocycles. The Hall–Kier alpha value is -3.52. The van der Waals surface area contributed by atoms with Crippen molar-refractivity contribution in [2.24, 2.45) is 0 Å². The lowest BCUT2D eigenvalue weighted by atomic mass is 9.96. The minimum Gasteiger partial charge on any atom is -0.326 e. The topological polar surface area (TPSA) is 100 Å². The highest BCUT2D eigenvalue weighted by atomic mass is 32.1. The molecule has 3 N–H and O–H groups in total. The monoisotopic (exact) mass is 418 g/mol. The molecule has 1 fully saturated rings. The van der Waals surface area contributed by atoms with Gasteiger partial charge < -0.3 is 10.6 Å². The first-order valence-corrected chi connectivity index (χ1v) is 10.4. The van der Waals surface area contributed by atoms with Crippen LogP contribution < -0.4 is 16.0 Å². The van der Waals surface area contributed by atoms with Gasteiger partial charge in [0.25, 0.3) is 5.91 Å². The number of benzene rings is 2. The number of aromatic nitrogens is 1. The Morgan fingerprint density at radius 2 is 1.90 bits per heavy atom. The molecule has 3 aromatic rings. The van der Waals surface area contributed by atoms with Crippen LogP contribution in [-0.2, 0) is 28.9 Å². The van der Waals surface area contributed by atoms with Gasteiger partial charge in [-0.05, 0) is 23.3 Å². The third-order valence-corrected chi connectivity index (χ3v) is 6.27. The molecule has 1 atom stereocenters. The van der Waals surface area contributed by atoms with E-state index in [1.54, 1.807) is 0 Å². The second-order valence-electron chi connectivity index (χ2n) is 7.54. The van der Waals surface area contributed by atoms with Crippen LogP contribution in [0.25, 0.3) is 11.3 Å². The molecular formula is C22H18N4O3S. The van der Waals surface area contributed by atoms with Gasteiger partial charge in [-0.2, -0.15) is 0 Å². The summed E-state index contributed by atoms with van der Waals surface area (Å²) in [6.45, 7) is 0. The SMILES string of the molecule is O=C(Cc1nc(-c2ccccc2)cs1)Nc1ccc2c(c1)CC1(C2)NC(=O)NC1=O. The van der Waals surface area contributed by atoms with Crippen molar-refractivity contribution in [3.63, 3.8) is 0 Å². The number of fused-ring (bicyclic) bond motifs is 1. The molecule has 1 spiro atoms. The largest absolute Gasteiger partial charge is 0.326 e. The highest BCUT2D eigenvalue weighted by Crippen LogP contribution is 2.34. The number of carbonyl (C=O) groups excluding carboxylic acids is 3. The number of hydrogen-bond donors (Lipinski definition) is 3. The number of nitrogens with zero attached hydrogens (tertiary/aromatic N) is 1. The summed E-state index contributed by atoms with van der Waals surface area (Å²) in [4.78, 5) is 40.8. The lowest BCUT2D eigenvalue weighted by molar-refractivity contribution is -0.123. The Morgan fingerprint density at radius 3 is 2.67 bits per heavy atom. The van der Waals surface area contributed by atoms with E-state index >= 15 is 0 Å². The molecule has 150 valence electrons. The van der Waals surface area contributed by atoms with Crippen LogP contribution in [0.2, 0.25) is 0 Å². The van der Waals surface area contributed by atoms with Crippen LogP contribution in [-0.4, -0.2) is 28.4 Å². The summed E-state index contributed by atoms with van der Waals surface area (Å²) in [6.07, 6.45) is 1.06. The fourth-order valence-corrected chi connectivity index (χ4v) is 4.81. The zero-order chi connectivity index (χ0) is 20.7. The van der Waals surface area contributed by atoms with Crippen molar-refractivity contribution in [3.8, 4) is 11.3 Å². The molecule has 2 aromatic carbocycles. The Balaban J connectivity index is 1.26. The predicted octanol–water partition coefficient (Wildman–Crippen LogP) is 2.67. The average molecular weight is 418 g/mol. The molecule has 0 radical (unpaired) electrons. The van der Waals surface area contributed by atoms with Gasteiger partial charge in [-0.1, -0.05) is 36.4 Å². The van der Waals surface area contributed by atoms with Gasteiger partial charge in [0, 0.05) is 29.5 Å². The van der Waals surface area contributed by atoms with Crippen molar-refractivity contribution in [2.45, 2.75) is 24.8 Å². The molecule has 8 heteroatoms. The quantitative estimate of drug-likeness (QED) is 0.567. The summed E-state index contributed by atoms with van der Waals surface area (Å²) in [5.74, 6) is -0.448. The number of rotatable bonds is 4. The minimum absolute atomic E-state index is 0.150. The zero-order valence-corrected chi connectivity index (χ0v) is 16.7. The molecule has 1 aliphatic heterocycles. The van der Waals surface area contributed by atoms with E-state index in [2.05, 4.69) is 20.9 Å². The number of carbonyl (C=O) groups is 3. The number of imide groups is 1. The molecule has 1 saturated heterocycles. The first kappa shape index (κ1) is 18.5. The van der Waals surface area contributed by atoms with Crippen molar-refractivity contribution in [1.29, 1.82) is 0 Å². The minimum atomic E-state index is -0.906. The maximum atomic E-state index is 12.5. The predicted molar refractivity (Wildman–Crippen MR) is 113 cm³/mol.